The largest absolute Gasteiger partial charge is 0.510 e. The van der Waals surface area contributed by atoms with Gasteiger partial charge in [0.1, 0.15) is 30.2 Å². The quantitative estimate of drug-likeness (QED) is 0.244. The van der Waals surface area contributed by atoms with Crippen molar-refractivity contribution in [2.24, 2.45) is 0 Å². The number of aliphatic hydroxyl groups excluding tert-OH is 6. The molecule has 0 rings (SSSR count). The highest BCUT2D eigenvalue weighted by Gasteiger charge is 2.31. The first kappa shape index (κ1) is 18.3. The molecule has 0 amide bonds. The molecule has 0 aliphatic rings. The summed E-state index contributed by atoms with van der Waals surface area (Å²) in [7, 11) is 0. The van der Waals surface area contributed by atoms with Crippen molar-refractivity contribution in [2.45, 2.75) is 63.4 Å². The van der Waals surface area contributed by atoms with Gasteiger partial charge >= 0.3 is 0 Å². The molecular formula is C13H26O6. The van der Waals surface area contributed by atoms with Crippen LogP contribution in [-0.4, -0.2) is 61.7 Å². The molecule has 6 heteroatoms. The van der Waals surface area contributed by atoms with E-state index in [-0.39, 0.29) is 0 Å². The molecule has 0 spiro atoms. The second-order valence-electron chi connectivity index (χ2n) is 4.65. The zero-order valence-corrected chi connectivity index (χ0v) is 11.3. The Morgan fingerprint density at radius 2 is 1.63 bits per heavy atom. The Labute approximate surface area is 113 Å². The average Bonchev–Trinajstić information content (AvgIpc) is 2.43. The fraction of sp³-hybridized carbons (Fsp3) is 0.846. The summed E-state index contributed by atoms with van der Waals surface area (Å²) in [4.78, 5) is 0. The number of hydrogen-bond donors (Lipinski definition) is 6. The third kappa shape index (κ3) is 6.89. The van der Waals surface area contributed by atoms with Crippen LogP contribution >= 0.6 is 0 Å². The van der Waals surface area contributed by atoms with E-state index in [0.717, 1.165) is 25.7 Å². The van der Waals surface area contributed by atoms with E-state index in [1.807, 2.05) is 0 Å². The van der Waals surface area contributed by atoms with Crippen LogP contribution in [0.4, 0.5) is 0 Å². The summed E-state index contributed by atoms with van der Waals surface area (Å²) in [5.41, 5.74) is 0. The summed E-state index contributed by atoms with van der Waals surface area (Å²) in [6.45, 7) is 1.34. The molecule has 0 fully saturated rings. The molecule has 0 aliphatic heterocycles. The van der Waals surface area contributed by atoms with Crippen molar-refractivity contribution in [2.75, 3.05) is 6.61 Å². The highest BCUT2D eigenvalue weighted by Crippen LogP contribution is 2.12. The van der Waals surface area contributed by atoms with Crippen LogP contribution < -0.4 is 0 Å². The lowest BCUT2D eigenvalue weighted by Crippen LogP contribution is -2.46. The summed E-state index contributed by atoms with van der Waals surface area (Å²) in [6, 6.07) is 0. The predicted octanol–water partition coefficient (Wildman–Crippen LogP) is -0.165. The Hall–Kier alpha value is -0.660. The fourth-order valence-electron chi connectivity index (χ4n) is 1.64. The molecule has 19 heavy (non-hydrogen) atoms. The standard InChI is InChI=1S/C13H26O6/c1-2-3-4-5-6-7-9(15)11(17)13(19)12(18)10(16)8-14/h7,10-19H,2-6,8H2,1H3/b9-7-/t10-,11-,12+,13-/m0/s1. The lowest BCUT2D eigenvalue weighted by molar-refractivity contribution is -0.113. The van der Waals surface area contributed by atoms with Gasteiger partial charge in [-0.2, -0.15) is 0 Å². The summed E-state index contributed by atoms with van der Waals surface area (Å²) in [5.74, 6) is -0.437. The van der Waals surface area contributed by atoms with Crippen molar-refractivity contribution in [3.63, 3.8) is 0 Å². The molecule has 0 saturated carbocycles. The van der Waals surface area contributed by atoms with Crippen LogP contribution in [0, 0.1) is 0 Å². The van der Waals surface area contributed by atoms with Gasteiger partial charge in [-0.1, -0.05) is 26.2 Å². The lowest BCUT2D eigenvalue weighted by Gasteiger charge is -2.25. The monoisotopic (exact) mass is 278 g/mol. The second kappa shape index (κ2) is 10.2. The van der Waals surface area contributed by atoms with E-state index in [9.17, 15) is 20.4 Å². The van der Waals surface area contributed by atoms with E-state index < -0.39 is 36.8 Å². The van der Waals surface area contributed by atoms with Crippen molar-refractivity contribution in [3.8, 4) is 0 Å². The van der Waals surface area contributed by atoms with Crippen LogP contribution in [0.1, 0.15) is 39.0 Å². The molecule has 0 bridgehead atoms. The molecule has 6 nitrogen and oxygen atoms in total. The predicted molar refractivity (Wildman–Crippen MR) is 70.6 cm³/mol. The highest BCUT2D eigenvalue weighted by molar-refractivity contribution is 5.02. The molecule has 0 radical (unpaired) electrons. The summed E-state index contributed by atoms with van der Waals surface area (Å²) in [6.07, 6.45) is -0.693. The van der Waals surface area contributed by atoms with Gasteiger partial charge < -0.3 is 30.6 Å². The van der Waals surface area contributed by atoms with E-state index in [0.29, 0.717) is 6.42 Å². The van der Waals surface area contributed by atoms with Crippen LogP contribution in [0.2, 0.25) is 0 Å². The maximum Gasteiger partial charge on any atom is 0.139 e. The van der Waals surface area contributed by atoms with E-state index >= 15 is 0 Å². The number of rotatable bonds is 10. The smallest absolute Gasteiger partial charge is 0.139 e. The molecule has 4 atom stereocenters. The van der Waals surface area contributed by atoms with Gasteiger partial charge in [0.2, 0.25) is 0 Å². The van der Waals surface area contributed by atoms with E-state index in [1.54, 1.807) is 0 Å². The van der Waals surface area contributed by atoms with Gasteiger partial charge in [0.25, 0.3) is 0 Å². The summed E-state index contributed by atoms with van der Waals surface area (Å²) in [5, 5.41) is 55.8. The Morgan fingerprint density at radius 3 is 2.16 bits per heavy atom. The molecule has 0 heterocycles. The Balaban J connectivity index is 4.22. The summed E-state index contributed by atoms with van der Waals surface area (Å²) < 4.78 is 0. The molecule has 0 aromatic rings. The van der Waals surface area contributed by atoms with Gasteiger partial charge in [-0.3, -0.25) is 0 Å². The second-order valence-corrected chi connectivity index (χ2v) is 4.65. The summed E-state index contributed by atoms with van der Waals surface area (Å²) >= 11 is 0. The minimum absolute atomic E-state index is 0.437. The Kier molecular flexibility index (Phi) is 9.81. The Bertz CT molecular complexity index is 256. The van der Waals surface area contributed by atoms with Crippen molar-refractivity contribution >= 4 is 0 Å². The minimum Gasteiger partial charge on any atom is -0.510 e. The van der Waals surface area contributed by atoms with Crippen molar-refractivity contribution in [1.82, 2.24) is 0 Å². The van der Waals surface area contributed by atoms with Crippen LogP contribution in [0.15, 0.2) is 11.8 Å². The van der Waals surface area contributed by atoms with E-state index in [4.69, 9.17) is 10.2 Å². The van der Waals surface area contributed by atoms with Crippen LogP contribution in [0.3, 0.4) is 0 Å². The average molecular weight is 278 g/mol. The maximum atomic E-state index is 9.58. The number of aliphatic hydroxyl groups is 6. The van der Waals surface area contributed by atoms with Crippen molar-refractivity contribution in [3.05, 3.63) is 11.8 Å². The van der Waals surface area contributed by atoms with Crippen molar-refractivity contribution < 1.29 is 30.6 Å². The first-order chi connectivity index (χ1) is 8.95. The van der Waals surface area contributed by atoms with Crippen LogP contribution in [0.5, 0.6) is 0 Å². The van der Waals surface area contributed by atoms with E-state index in [1.165, 1.54) is 6.08 Å². The molecule has 0 unspecified atom stereocenters. The molecule has 6 N–H and O–H groups in total. The first-order valence-corrected chi connectivity index (χ1v) is 6.67. The maximum absolute atomic E-state index is 9.58. The first-order valence-electron chi connectivity index (χ1n) is 6.67. The number of unbranched alkanes of at least 4 members (excludes halogenated alkanes) is 4. The van der Waals surface area contributed by atoms with Gasteiger partial charge in [-0.15, -0.1) is 0 Å². The Morgan fingerprint density at radius 1 is 1.00 bits per heavy atom. The zero-order chi connectivity index (χ0) is 14.8. The van der Waals surface area contributed by atoms with Gasteiger partial charge in [-0.05, 0) is 18.9 Å². The third-order valence-electron chi connectivity index (χ3n) is 2.97. The van der Waals surface area contributed by atoms with Crippen LogP contribution in [-0.2, 0) is 0 Å². The molecule has 0 aromatic carbocycles. The van der Waals surface area contributed by atoms with Crippen molar-refractivity contribution in [1.29, 1.82) is 0 Å². The van der Waals surface area contributed by atoms with Gasteiger partial charge in [0, 0.05) is 0 Å². The van der Waals surface area contributed by atoms with Gasteiger partial charge in [-0.25, -0.2) is 0 Å². The van der Waals surface area contributed by atoms with Gasteiger partial charge in [0.15, 0.2) is 0 Å². The van der Waals surface area contributed by atoms with Crippen LogP contribution in [0.25, 0.3) is 0 Å². The SMILES string of the molecule is CCCCCC/C=C(\O)[C@H](O)[C@H](O)[C@H](O)[C@@H](O)CO. The molecule has 0 aliphatic carbocycles. The van der Waals surface area contributed by atoms with E-state index in [2.05, 4.69) is 6.92 Å². The number of allylic oxidation sites excluding steroid dienone is 1. The topological polar surface area (TPSA) is 121 Å². The molecule has 0 saturated heterocycles. The zero-order valence-electron chi connectivity index (χ0n) is 11.3. The normalized spacial score (nSPS) is 18.9. The van der Waals surface area contributed by atoms with Gasteiger partial charge in [0.05, 0.1) is 6.61 Å². The third-order valence-corrected chi connectivity index (χ3v) is 2.97. The molecule has 0 aromatic heterocycles. The minimum atomic E-state index is -1.76. The lowest BCUT2D eigenvalue weighted by atomic mass is 10.0. The number of hydrogen-bond acceptors (Lipinski definition) is 6. The molecular weight excluding hydrogens is 252 g/mol. The highest BCUT2D eigenvalue weighted by atomic mass is 16.4. The molecule has 114 valence electrons. The fourth-order valence-corrected chi connectivity index (χ4v) is 1.64.